The molecule has 0 aliphatic heterocycles. The van der Waals surface area contributed by atoms with Gasteiger partial charge in [-0.25, -0.2) is 5.43 Å². The summed E-state index contributed by atoms with van der Waals surface area (Å²) in [7, 11) is 0. The fourth-order valence-electron chi connectivity index (χ4n) is 2.28. The Bertz CT molecular complexity index is 816. The van der Waals surface area contributed by atoms with Crippen molar-refractivity contribution in [3.63, 3.8) is 0 Å². The minimum absolute atomic E-state index is 0.121. The van der Waals surface area contributed by atoms with Gasteiger partial charge in [0.2, 0.25) is 0 Å². The van der Waals surface area contributed by atoms with Gasteiger partial charge in [-0.3, -0.25) is 9.59 Å². The van der Waals surface area contributed by atoms with Crippen molar-refractivity contribution in [3.8, 4) is 11.5 Å². The molecule has 0 aliphatic carbocycles. The van der Waals surface area contributed by atoms with Crippen LogP contribution in [0.1, 0.15) is 23.6 Å². The Morgan fingerprint density at radius 2 is 1.78 bits per heavy atom. The van der Waals surface area contributed by atoms with Gasteiger partial charge in [-0.05, 0) is 66.4 Å². The van der Waals surface area contributed by atoms with E-state index in [1.165, 1.54) is 6.21 Å². The van der Waals surface area contributed by atoms with E-state index in [-0.39, 0.29) is 19.1 Å². The number of hydrazone groups is 1. The van der Waals surface area contributed by atoms with Crippen molar-refractivity contribution in [1.29, 1.82) is 0 Å². The van der Waals surface area contributed by atoms with Crippen molar-refractivity contribution >= 4 is 18.0 Å². The summed E-state index contributed by atoms with van der Waals surface area (Å²) >= 11 is 0. The fourth-order valence-corrected chi connectivity index (χ4v) is 2.28. The highest BCUT2D eigenvalue weighted by molar-refractivity contribution is 5.83. The van der Waals surface area contributed by atoms with Crippen molar-refractivity contribution < 1.29 is 19.1 Å². The van der Waals surface area contributed by atoms with E-state index in [1.807, 2.05) is 19.1 Å². The van der Waals surface area contributed by atoms with E-state index in [1.54, 1.807) is 24.3 Å². The maximum Gasteiger partial charge on any atom is 0.277 e. The molecule has 2 rings (SSSR count). The number of carbonyl (C=O) groups excluding carboxylic acids is 2. The first kappa shape index (κ1) is 20.0. The van der Waals surface area contributed by atoms with E-state index < -0.39 is 5.91 Å². The average Bonchev–Trinajstić information content (AvgIpc) is 2.65. The lowest BCUT2D eigenvalue weighted by Crippen LogP contribution is -2.24. The number of primary amides is 1. The molecule has 0 aromatic heterocycles. The zero-order valence-corrected chi connectivity index (χ0v) is 15.4. The Morgan fingerprint density at radius 1 is 1.07 bits per heavy atom. The van der Waals surface area contributed by atoms with Gasteiger partial charge in [-0.15, -0.1) is 0 Å². The van der Waals surface area contributed by atoms with Gasteiger partial charge in [-0.2, -0.15) is 5.10 Å². The topological polar surface area (TPSA) is 103 Å². The van der Waals surface area contributed by atoms with E-state index in [2.05, 4.69) is 23.5 Å². The van der Waals surface area contributed by atoms with Crippen molar-refractivity contribution in [1.82, 2.24) is 5.43 Å². The van der Waals surface area contributed by atoms with Gasteiger partial charge in [0, 0.05) is 0 Å². The largest absolute Gasteiger partial charge is 0.484 e. The molecule has 0 bridgehead atoms. The third kappa shape index (κ3) is 7.19. The number of amides is 2. The Kier molecular flexibility index (Phi) is 7.37. The molecule has 27 heavy (non-hydrogen) atoms. The van der Waals surface area contributed by atoms with Crippen LogP contribution in [0.3, 0.4) is 0 Å². The molecular weight excluding hydrogens is 346 g/mol. The summed E-state index contributed by atoms with van der Waals surface area (Å²) in [6, 6.07) is 12.7. The summed E-state index contributed by atoms with van der Waals surface area (Å²) in [5.41, 5.74) is 10.4. The van der Waals surface area contributed by atoms with Crippen molar-refractivity contribution in [2.75, 3.05) is 13.2 Å². The number of carbonyl (C=O) groups is 2. The number of nitrogens with zero attached hydrogens (tertiary/aromatic N) is 1. The van der Waals surface area contributed by atoms with Gasteiger partial charge in [0.1, 0.15) is 11.5 Å². The highest BCUT2D eigenvalue weighted by Gasteiger charge is 2.03. The van der Waals surface area contributed by atoms with E-state index in [0.29, 0.717) is 11.5 Å². The van der Waals surface area contributed by atoms with Crippen LogP contribution in [0.5, 0.6) is 11.5 Å². The third-order valence-electron chi connectivity index (χ3n) is 3.55. The Morgan fingerprint density at radius 3 is 2.44 bits per heavy atom. The first-order valence-corrected chi connectivity index (χ1v) is 8.52. The second-order valence-electron chi connectivity index (χ2n) is 5.91. The Hall–Kier alpha value is -3.35. The molecule has 0 unspecified atom stereocenters. The minimum atomic E-state index is -0.540. The van der Waals surface area contributed by atoms with Crippen LogP contribution in [0, 0.1) is 6.92 Å². The predicted octanol–water partition coefficient (Wildman–Crippen LogP) is 1.95. The molecule has 0 spiro atoms. The van der Waals surface area contributed by atoms with E-state index in [0.717, 1.165) is 23.1 Å². The van der Waals surface area contributed by atoms with Crippen LogP contribution in [0.4, 0.5) is 0 Å². The Balaban J connectivity index is 1.79. The summed E-state index contributed by atoms with van der Waals surface area (Å²) in [5, 5.41) is 3.89. The molecule has 0 heterocycles. The lowest BCUT2D eigenvalue weighted by Gasteiger charge is -2.08. The van der Waals surface area contributed by atoms with E-state index >= 15 is 0 Å². The van der Waals surface area contributed by atoms with E-state index in [4.69, 9.17) is 15.2 Å². The summed E-state index contributed by atoms with van der Waals surface area (Å²) in [6.45, 7) is 3.75. The summed E-state index contributed by atoms with van der Waals surface area (Å²) < 4.78 is 10.7. The van der Waals surface area contributed by atoms with Gasteiger partial charge in [0.25, 0.3) is 11.8 Å². The second-order valence-corrected chi connectivity index (χ2v) is 5.91. The first-order valence-electron chi connectivity index (χ1n) is 8.52. The van der Waals surface area contributed by atoms with Crippen LogP contribution < -0.4 is 20.6 Å². The summed E-state index contributed by atoms with van der Waals surface area (Å²) in [6.07, 6.45) is 2.40. The lowest BCUT2D eigenvalue weighted by atomic mass is 10.1. The van der Waals surface area contributed by atoms with Crippen molar-refractivity contribution in [2.45, 2.75) is 20.3 Å². The van der Waals surface area contributed by atoms with Gasteiger partial charge in [0.15, 0.2) is 13.2 Å². The Labute approximate surface area is 158 Å². The molecular formula is C20H23N3O4. The standard InChI is InChI=1S/C20H23N3O4/c1-3-15-8-14(2)9-18(10-15)27-13-20(25)23-22-11-16-4-6-17(7-5-16)26-12-19(21)24/h4-11H,3,12-13H2,1-2H3,(H2,21,24)(H,23,25)/b22-11+. The van der Waals surface area contributed by atoms with Gasteiger partial charge in [-0.1, -0.05) is 13.0 Å². The molecule has 0 saturated heterocycles. The van der Waals surface area contributed by atoms with Crippen LogP contribution >= 0.6 is 0 Å². The smallest absolute Gasteiger partial charge is 0.277 e. The van der Waals surface area contributed by atoms with Crippen LogP contribution in [0.2, 0.25) is 0 Å². The number of rotatable bonds is 9. The summed E-state index contributed by atoms with van der Waals surface area (Å²) in [4.78, 5) is 22.5. The molecule has 0 aliphatic rings. The number of nitrogens with one attached hydrogen (secondary N) is 1. The molecule has 3 N–H and O–H groups in total. The fraction of sp³-hybridized carbons (Fsp3) is 0.250. The molecule has 7 nitrogen and oxygen atoms in total. The van der Waals surface area contributed by atoms with Crippen LogP contribution in [-0.2, 0) is 16.0 Å². The highest BCUT2D eigenvalue weighted by atomic mass is 16.5. The maximum atomic E-state index is 11.8. The quantitative estimate of drug-likeness (QED) is 0.521. The summed E-state index contributed by atoms with van der Waals surface area (Å²) in [5.74, 6) is 0.292. The maximum absolute atomic E-state index is 11.8. The van der Waals surface area contributed by atoms with Crippen molar-refractivity contribution in [3.05, 3.63) is 59.2 Å². The molecule has 0 fully saturated rings. The molecule has 2 amide bonds. The third-order valence-corrected chi connectivity index (χ3v) is 3.55. The predicted molar refractivity (Wildman–Crippen MR) is 103 cm³/mol. The number of hydrogen-bond acceptors (Lipinski definition) is 5. The number of ether oxygens (including phenoxy) is 2. The minimum Gasteiger partial charge on any atom is -0.484 e. The van der Waals surface area contributed by atoms with Gasteiger partial charge >= 0.3 is 0 Å². The number of aryl methyl sites for hydroxylation is 2. The average molecular weight is 369 g/mol. The molecule has 7 heteroatoms. The number of nitrogens with two attached hydrogens (primary N) is 1. The van der Waals surface area contributed by atoms with Gasteiger partial charge in [0.05, 0.1) is 6.21 Å². The normalized spacial score (nSPS) is 10.6. The van der Waals surface area contributed by atoms with Gasteiger partial charge < -0.3 is 15.2 Å². The van der Waals surface area contributed by atoms with E-state index in [9.17, 15) is 9.59 Å². The zero-order chi connectivity index (χ0) is 19.6. The molecule has 2 aromatic rings. The van der Waals surface area contributed by atoms with Crippen LogP contribution in [-0.4, -0.2) is 31.2 Å². The molecule has 0 radical (unpaired) electrons. The SMILES string of the molecule is CCc1cc(C)cc(OCC(=O)N/N=C/c2ccc(OCC(N)=O)cc2)c1. The molecule has 142 valence electrons. The molecule has 0 atom stereocenters. The number of hydrogen-bond donors (Lipinski definition) is 2. The zero-order valence-electron chi connectivity index (χ0n) is 15.4. The van der Waals surface area contributed by atoms with Crippen molar-refractivity contribution in [2.24, 2.45) is 10.8 Å². The lowest BCUT2D eigenvalue weighted by molar-refractivity contribution is -0.123. The number of benzene rings is 2. The highest BCUT2D eigenvalue weighted by Crippen LogP contribution is 2.17. The monoisotopic (exact) mass is 369 g/mol. The molecule has 2 aromatic carbocycles. The van der Waals surface area contributed by atoms with Crippen LogP contribution in [0.15, 0.2) is 47.6 Å². The first-order chi connectivity index (χ1) is 13.0. The molecule has 0 saturated carbocycles. The van der Waals surface area contributed by atoms with Crippen LogP contribution in [0.25, 0.3) is 0 Å². The second kappa shape index (κ2) is 9.96.